The van der Waals surface area contributed by atoms with Crippen molar-refractivity contribution in [1.82, 2.24) is 14.8 Å². The van der Waals surface area contributed by atoms with E-state index in [2.05, 4.69) is 9.88 Å². The zero-order valence-electron chi connectivity index (χ0n) is 14.1. The molecule has 0 aliphatic carbocycles. The first kappa shape index (κ1) is 17.1. The molecule has 1 aliphatic rings. The lowest BCUT2D eigenvalue weighted by molar-refractivity contribution is -0.132. The van der Waals surface area contributed by atoms with Gasteiger partial charge in [-0.3, -0.25) is 9.69 Å². The van der Waals surface area contributed by atoms with Crippen molar-refractivity contribution >= 4 is 17.2 Å². The number of hydrogen-bond acceptors (Lipinski definition) is 6. The summed E-state index contributed by atoms with van der Waals surface area (Å²) in [6.45, 7) is 7.24. The van der Waals surface area contributed by atoms with Crippen LogP contribution in [0.4, 0.5) is 0 Å². The van der Waals surface area contributed by atoms with Gasteiger partial charge in [-0.1, -0.05) is 0 Å². The molecule has 1 saturated heterocycles. The maximum absolute atomic E-state index is 12.5. The maximum atomic E-state index is 12.5. The number of furan rings is 1. The maximum Gasteiger partial charge on any atom is 0.228 e. The van der Waals surface area contributed by atoms with E-state index < -0.39 is 5.60 Å². The molecule has 2 aromatic rings. The minimum Gasteiger partial charge on any atom is -0.462 e. The highest BCUT2D eigenvalue weighted by molar-refractivity contribution is 7.13. The Hall–Kier alpha value is -1.70. The summed E-state index contributed by atoms with van der Waals surface area (Å²) in [5.74, 6) is 0.841. The molecule has 130 valence electrons. The standard InChI is InChI=1S/C17H23N3O3S/c1-17(2,22)12-19-5-7-20(8-6-19)15(21)10-13-11-24-16(18-13)14-4-3-9-23-14/h3-4,9,11,22H,5-8,10,12H2,1-2H3. The molecule has 1 fully saturated rings. The van der Waals surface area contributed by atoms with E-state index >= 15 is 0 Å². The van der Waals surface area contributed by atoms with Gasteiger partial charge >= 0.3 is 0 Å². The Morgan fingerprint density at radius 2 is 2.12 bits per heavy atom. The van der Waals surface area contributed by atoms with Crippen LogP contribution in [0.25, 0.3) is 10.8 Å². The van der Waals surface area contributed by atoms with Crippen LogP contribution in [-0.4, -0.2) is 64.1 Å². The molecule has 0 aromatic carbocycles. The van der Waals surface area contributed by atoms with E-state index in [1.165, 1.54) is 11.3 Å². The van der Waals surface area contributed by atoms with Gasteiger partial charge in [-0.25, -0.2) is 4.98 Å². The third-order valence-corrected chi connectivity index (χ3v) is 4.86. The van der Waals surface area contributed by atoms with Gasteiger partial charge in [0.1, 0.15) is 0 Å². The van der Waals surface area contributed by atoms with Crippen LogP contribution < -0.4 is 0 Å². The van der Waals surface area contributed by atoms with Gasteiger partial charge < -0.3 is 14.4 Å². The Morgan fingerprint density at radius 1 is 1.38 bits per heavy atom. The first-order chi connectivity index (χ1) is 11.4. The molecule has 1 N–H and O–H groups in total. The van der Waals surface area contributed by atoms with Gasteiger partial charge in [0, 0.05) is 38.1 Å². The van der Waals surface area contributed by atoms with Crippen molar-refractivity contribution in [2.24, 2.45) is 0 Å². The number of rotatable bonds is 5. The van der Waals surface area contributed by atoms with Gasteiger partial charge in [0.15, 0.2) is 10.8 Å². The van der Waals surface area contributed by atoms with Crippen LogP contribution in [-0.2, 0) is 11.2 Å². The Balaban J connectivity index is 1.51. The van der Waals surface area contributed by atoms with Crippen molar-refractivity contribution in [1.29, 1.82) is 0 Å². The zero-order valence-corrected chi connectivity index (χ0v) is 14.9. The number of aliphatic hydroxyl groups is 1. The first-order valence-corrected chi connectivity index (χ1v) is 8.99. The number of carbonyl (C=O) groups is 1. The number of thiazole rings is 1. The number of carbonyl (C=O) groups excluding carboxylic acids is 1. The summed E-state index contributed by atoms with van der Waals surface area (Å²) in [6.07, 6.45) is 1.94. The summed E-state index contributed by atoms with van der Waals surface area (Å²) < 4.78 is 5.33. The Labute approximate surface area is 145 Å². The van der Waals surface area contributed by atoms with Crippen LogP contribution >= 0.6 is 11.3 Å². The summed E-state index contributed by atoms with van der Waals surface area (Å²) >= 11 is 1.49. The zero-order chi connectivity index (χ0) is 17.2. The summed E-state index contributed by atoms with van der Waals surface area (Å²) in [4.78, 5) is 21.0. The summed E-state index contributed by atoms with van der Waals surface area (Å²) in [5, 5.41) is 12.6. The molecule has 0 atom stereocenters. The number of β-amino-alcohol motifs (C(OH)–C–C–N with tert-alkyl or cyclic N) is 1. The monoisotopic (exact) mass is 349 g/mol. The molecule has 0 unspecified atom stereocenters. The van der Waals surface area contributed by atoms with Crippen LogP contribution in [0, 0.1) is 0 Å². The van der Waals surface area contributed by atoms with Crippen molar-refractivity contribution in [2.45, 2.75) is 25.9 Å². The second-order valence-electron chi connectivity index (χ2n) is 6.77. The molecule has 0 saturated carbocycles. The number of aromatic nitrogens is 1. The average molecular weight is 349 g/mol. The first-order valence-electron chi connectivity index (χ1n) is 8.11. The van der Waals surface area contributed by atoms with Gasteiger partial charge in [-0.15, -0.1) is 11.3 Å². The number of hydrogen-bond donors (Lipinski definition) is 1. The Bertz CT molecular complexity index is 668. The van der Waals surface area contributed by atoms with Crippen LogP contribution in [0.2, 0.25) is 0 Å². The van der Waals surface area contributed by atoms with Crippen LogP contribution in [0.5, 0.6) is 0 Å². The molecule has 2 aromatic heterocycles. The van der Waals surface area contributed by atoms with E-state index in [9.17, 15) is 9.90 Å². The molecule has 1 amide bonds. The SMILES string of the molecule is CC(C)(O)CN1CCN(C(=O)Cc2csc(-c3ccco3)n2)CC1. The molecule has 1 aliphatic heterocycles. The van der Waals surface area contributed by atoms with Crippen molar-refractivity contribution < 1.29 is 14.3 Å². The van der Waals surface area contributed by atoms with Crippen LogP contribution in [0.15, 0.2) is 28.2 Å². The third kappa shape index (κ3) is 4.43. The van der Waals surface area contributed by atoms with E-state index in [1.807, 2.05) is 36.3 Å². The second kappa shape index (κ2) is 7.04. The molecule has 7 heteroatoms. The van der Waals surface area contributed by atoms with E-state index in [-0.39, 0.29) is 5.91 Å². The molecule has 0 radical (unpaired) electrons. The molecule has 3 heterocycles. The fraction of sp³-hybridized carbons (Fsp3) is 0.529. The lowest BCUT2D eigenvalue weighted by Gasteiger charge is -2.37. The van der Waals surface area contributed by atoms with E-state index in [0.29, 0.717) is 26.1 Å². The third-order valence-electron chi connectivity index (χ3n) is 3.95. The number of amides is 1. The van der Waals surface area contributed by atoms with Crippen LogP contribution in [0.3, 0.4) is 0 Å². The lowest BCUT2D eigenvalue weighted by atomic mass is 10.1. The molecular weight excluding hydrogens is 326 g/mol. The largest absolute Gasteiger partial charge is 0.462 e. The number of piperazine rings is 1. The number of nitrogens with zero attached hydrogens (tertiary/aromatic N) is 3. The van der Waals surface area contributed by atoms with Gasteiger partial charge in [0.2, 0.25) is 5.91 Å². The minimum atomic E-state index is -0.699. The highest BCUT2D eigenvalue weighted by Gasteiger charge is 2.25. The molecule has 24 heavy (non-hydrogen) atoms. The van der Waals surface area contributed by atoms with E-state index in [0.717, 1.165) is 29.6 Å². The minimum absolute atomic E-state index is 0.106. The predicted molar refractivity (Wildman–Crippen MR) is 92.8 cm³/mol. The van der Waals surface area contributed by atoms with Crippen LogP contribution in [0.1, 0.15) is 19.5 Å². The predicted octanol–water partition coefficient (Wildman–Crippen LogP) is 1.86. The Morgan fingerprint density at radius 3 is 2.75 bits per heavy atom. The van der Waals surface area contributed by atoms with Gasteiger partial charge in [0.05, 0.1) is 24.0 Å². The smallest absolute Gasteiger partial charge is 0.228 e. The normalized spacial score (nSPS) is 16.5. The molecule has 3 rings (SSSR count). The fourth-order valence-corrected chi connectivity index (χ4v) is 3.66. The Kier molecular flexibility index (Phi) is 5.03. The van der Waals surface area contributed by atoms with E-state index in [4.69, 9.17) is 4.42 Å². The molecule has 0 spiro atoms. The molecule has 6 nitrogen and oxygen atoms in total. The molecule has 0 bridgehead atoms. The van der Waals surface area contributed by atoms with Gasteiger partial charge in [-0.2, -0.15) is 0 Å². The highest BCUT2D eigenvalue weighted by Crippen LogP contribution is 2.24. The van der Waals surface area contributed by atoms with Crippen molar-refractivity contribution in [3.05, 3.63) is 29.5 Å². The molecular formula is C17H23N3O3S. The lowest BCUT2D eigenvalue weighted by Crippen LogP contribution is -2.52. The van der Waals surface area contributed by atoms with Crippen molar-refractivity contribution in [3.8, 4) is 10.8 Å². The topological polar surface area (TPSA) is 69.8 Å². The summed E-state index contributed by atoms with van der Waals surface area (Å²) in [6, 6.07) is 3.70. The highest BCUT2D eigenvalue weighted by atomic mass is 32.1. The van der Waals surface area contributed by atoms with E-state index in [1.54, 1.807) is 6.26 Å². The summed E-state index contributed by atoms with van der Waals surface area (Å²) in [7, 11) is 0. The quantitative estimate of drug-likeness (QED) is 0.892. The van der Waals surface area contributed by atoms with Crippen molar-refractivity contribution in [3.63, 3.8) is 0 Å². The van der Waals surface area contributed by atoms with Crippen molar-refractivity contribution in [2.75, 3.05) is 32.7 Å². The van der Waals surface area contributed by atoms with Gasteiger partial charge in [0.25, 0.3) is 0 Å². The summed E-state index contributed by atoms with van der Waals surface area (Å²) in [5.41, 5.74) is 0.0880. The fourth-order valence-electron chi connectivity index (χ4n) is 2.87. The van der Waals surface area contributed by atoms with Gasteiger partial charge in [-0.05, 0) is 26.0 Å². The average Bonchev–Trinajstić information content (AvgIpc) is 3.16. The second-order valence-corrected chi connectivity index (χ2v) is 7.63.